The summed E-state index contributed by atoms with van der Waals surface area (Å²) in [6, 6.07) is 11.1. The van der Waals surface area contributed by atoms with Crippen LogP contribution < -0.4 is 9.46 Å². The zero-order valence-corrected chi connectivity index (χ0v) is 13.6. The van der Waals surface area contributed by atoms with Gasteiger partial charge in [0.2, 0.25) is 10.0 Å². The first kappa shape index (κ1) is 16.5. The van der Waals surface area contributed by atoms with Crippen LogP contribution >= 0.6 is 0 Å². The molecule has 0 aliphatic rings. The van der Waals surface area contributed by atoms with Crippen molar-refractivity contribution in [1.82, 2.24) is 14.5 Å². The summed E-state index contributed by atoms with van der Waals surface area (Å²) in [4.78, 5) is 0. The monoisotopic (exact) mass is 323 g/mol. The standard InChI is InChI=1S/C15H21N3O3S/c1-13-12-14(2)18(17-13)9-8-16-22(19,20)11-10-21-15-6-4-3-5-7-15/h3-7,12,16H,8-11H2,1-2H3. The molecule has 120 valence electrons. The topological polar surface area (TPSA) is 73.2 Å². The van der Waals surface area contributed by atoms with Crippen molar-refractivity contribution in [2.45, 2.75) is 20.4 Å². The Hall–Kier alpha value is -1.86. The van der Waals surface area contributed by atoms with E-state index in [1.807, 2.05) is 38.1 Å². The molecule has 2 aromatic rings. The molecule has 0 atom stereocenters. The summed E-state index contributed by atoms with van der Waals surface area (Å²) in [5, 5.41) is 4.29. The van der Waals surface area contributed by atoms with Crippen LogP contribution in [0.2, 0.25) is 0 Å². The molecular weight excluding hydrogens is 302 g/mol. The first-order valence-corrected chi connectivity index (χ1v) is 8.78. The number of ether oxygens (including phenoxy) is 1. The van der Waals surface area contributed by atoms with Crippen molar-refractivity contribution in [2.75, 3.05) is 18.9 Å². The molecule has 0 amide bonds. The molecule has 0 aliphatic carbocycles. The van der Waals surface area contributed by atoms with Gasteiger partial charge in [0.15, 0.2) is 0 Å². The van der Waals surface area contributed by atoms with Crippen LogP contribution in [0.3, 0.4) is 0 Å². The number of sulfonamides is 1. The van der Waals surface area contributed by atoms with Crippen LogP contribution in [0, 0.1) is 13.8 Å². The number of benzene rings is 1. The number of hydrogen-bond acceptors (Lipinski definition) is 4. The van der Waals surface area contributed by atoms with E-state index >= 15 is 0 Å². The van der Waals surface area contributed by atoms with Gasteiger partial charge in [0.25, 0.3) is 0 Å². The fourth-order valence-electron chi connectivity index (χ4n) is 2.07. The molecule has 1 heterocycles. The van der Waals surface area contributed by atoms with E-state index < -0.39 is 10.0 Å². The Bertz CT molecular complexity index is 696. The predicted molar refractivity (Wildman–Crippen MR) is 85.4 cm³/mol. The molecular formula is C15H21N3O3S. The fraction of sp³-hybridized carbons (Fsp3) is 0.400. The quantitative estimate of drug-likeness (QED) is 0.799. The van der Waals surface area contributed by atoms with E-state index in [0.717, 1.165) is 11.4 Å². The van der Waals surface area contributed by atoms with Gasteiger partial charge >= 0.3 is 0 Å². The van der Waals surface area contributed by atoms with Gasteiger partial charge < -0.3 is 4.74 Å². The van der Waals surface area contributed by atoms with Gasteiger partial charge in [-0.05, 0) is 32.0 Å². The van der Waals surface area contributed by atoms with Crippen LogP contribution in [-0.4, -0.2) is 37.1 Å². The zero-order chi connectivity index (χ0) is 16.0. The second-order valence-corrected chi connectivity index (χ2v) is 6.95. The summed E-state index contributed by atoms with van der Waals surface area (Å²) in [5.41, 5.74) is 1.95. The van der Waals surface area contributed by atoms with Gasteiger partial charge in [0.1, 0.15) is 12.4 Å². The molecule has 0 spiro atoms. The fourth-order valence-corrected chi connectivity index (χ4v) is 2.92. The number of hydrogen-bond donors (Lipinski definition) is 1. The third-order valence-corrected chi connectivity index (χ3v) is 4.46. The van der Waals surface area contributed by atoms with Crippen LogP contribution in [0.1, 0.15) is 11.4 Å². The molecule has 7 heteroatoms. The average Bonchev–Trinajstić information content (AvgIpc) is 2.78. The lowest BCUT2D eigenvalue weighted by Crippen LogP contribution is -2.32. The number of aryl methyl sites for hydroxylation is 2. The van der Waals surface area contributed by atoms with Gasteiger partial charge in [-0.1, -0.05) is 18.2 Å². The van der Waals surface area contributed by atoms with Gasteiger partial charge in [-0.25, -0.2) is 13.1 Å². The molecule has 1 aromatic heterocycles. The Morgan fingerprint density at radius 1 is 1.23 bits per heavy atom. The molecule has 0 radical (unpaired) electrons. The van der Waals surface area contributed by atoms with Gasteiger partial charge in [-0.2, -0.15) is 5.10 Å². The first-order valence-electron chi connectivity index (χ1n) is 7.12. The molecule has 0 aliphatic heterocycles. The zero-order valence-electron chi connectivity index (χ0n) is 12.8. The molecule has 0 fully saturated rings. The second-order valence-electron chi connectivity index (χ2n) is 5.02. The highest BCUT2D eigenvalue weighted by molar-refractivity contribution is 7.89. The minimum atomic E-state index is -3.34. The summed E-state index contributed by atoms with van der Waals surface area (Å²) in [6.07, 6.45) is 0. The number of rotatable bonds is 8. The van der Waals surface area contributed by atoms with Crippen LogP contribution in [0.15, 0.2) is 36.4 Å². The van der Waals surface area contributed by atoms with E-state index in [4.69, 9.17) is 4.74 Å². The third kappa shape index (κ3) is 5.16. The third-order valence-electron chi connectivity index (χ3n) is 3.11. The maximum absolute atomic E-state index is 11.9. The Labute approximate surface area is 131 Å². The summed E-state index contributed by atoms with van der Waals surface area (Å²) < 4.78 is 33.5. The highest BCUT2D eigenvalue weighted by Crippen LogP contribution is 2.08. The summed E-state index contributed by atoms with van der Waals surface area (Å²) in [6.45, 7) is 4.81. The maximum Gasteiger partial charge on any atom is 0.215 e. The van der Waals surface area contributed by atoms with E-state index in [0.29, 0.717) is 18.8 Å². The summed E-state index contributed by atoms with van der Waals surface area (Å²) >= 11 is 0. The van der Waals surface area contributed by atoms with Crippen LogP contribution in [0.25, 0.3) is 0 Å². The lowest BCUT2D eigenvalue weighted by atomic mass is 10.3. The van der Waals surface area contributed by atoms with E-state index in [1.165, 1.54) is 0 Å². The lowest BCUT2D eigenvalue weighted by Gasteiger charge is -2.09. The van der Waals surface area contributed by atoms with Gasteiger partial charge in [0, 0.05) is 12.2 Å². The molecule has 0 saturated carbocycles. The molecule has 22 heavy (non-hydrogen) atoms. The highest BCUT2D eigenvalue weighted by Gasteiger charge is 2.10. The number of aromatic nitrogens is 2. The molecule has 0 unspecified atom stereocenters. The van der Waals surface area contributed by atoms with Crippen molar-refractivity contribution in [2.24, 2.45) is 0 Å². The van der Waals surface area contributed by atoms with E-state index in [9.17, 15) is 8.42 Å². The minimum Gasteiger partial charge on any atom is -0.492 e. The second kappa shape index (κ2) is 7.42. The van der Waals surface area contributed by atoms with Gasteiger partial charge in [0.05, 0.1) is 18.0 Å². The SMILES string of the molecule is Cc1cc(C)n(CCNS(=O)(=O)CCOc2ccccc2)n1. The molecule has 6 nitrogen and oxygen atoms in total. The van der Waals surface area contributed by atoms with Crippen LogP contribution in [0.5, 0.6) is 5.75 Å². The normalized spacial score (nSPS) is 11.5. The predicted octanol–water partition coefficient (Wildman–Crippen LogP) is 1.50. The molecule has 0 saturated heterocycles. The first-order chi connectivity index (χ1) is 10.5. The molecule has 1 aromatic carbocycles. The Kier molecular flexibility index (Phi) is 5.57. The van der Waals surface area contributed by atoms with Crippen molar-refractivity contribution in [3.63, 3.8) is 0 Å². The van der Waals surface area contributed by atoms with E-state index in [-0.39, 0.29) is 12.4 Å². The minimum absolute atomic E-state index is 0.0704. The van der Waals surface area contributed by atoms with Crippen LogP contribution in [0.4, 0.5) is 0 Å². The molecule has 1 N–H and O–H groups in total. The van der Waals surface area contributed by atoms with Crippen molar-refractivity contribution < 1.29 is 13.2 Å². The highest BCUT2D eigenvalue weighted by atomic mass is 32.2. The smallest absolute Gasteiger partial charge is 0.215 e. The van der Waals surface area contributed by atoms with E-state index in [2.05, 4.69) is 9.82 Å². The lowest BCUT2D eigenvalue weighted by molar-refractivity contribution is 0.340. The van der Waals surface area contributed by atoms with Gasteiger partial charge in [-0.3, -0.25) is 4.68 Å². The largest absolute Gasteiger partial charge is 0.492 e. The maximum atomic E-state index is 11.9. The van der Waals surface area contributed by atoms with Crippen molar-refractivity contribution in [3.05, 3.63) is 47.8 Å². The Balaban J connectivity index is 1.73. The number of nitrogens with one attached hydrogen (secondary N) is 1. The van der Waals surface area contributed by atoms with Crippen LogP contribution in [-0.2, 0) is 16.6 Å². The van der Waals surface area contributed by atoms with Crippen molar-refractivity contribution in [3.8, 4) is 5.75 Å². The van der Waals surface area contributed by atoms with Crippen molar-refractivity contribution in [1.29, 1.82) is 0 Å². The number of nitrogens with zero attached hydrogens (tertiary/aromatic N) is 2. The average molecular weight is 323 g/mol. The molecule has 0 bridgehead atoms. The Morgan fingerprint density at radius 3 is 2.59 bits per heavy atom. The van der Waals surface area contributed by atoms with Crippen molar-refractivity contribution >= 4 is 10.0 Å². The number of para-hydroxylation sites is 1. The summed E-state index contributed by atoms with van der Waals surface area (Å²) in [5.74, 6) is 0.597. The molecule has 2 rings (SSSR count). The van der Waals surface area contributed by atoms with Gasteiger partial charge in [-0.15, -0.1) is 0 Å². The summed E-state index contributed by atoms with van der Waals surface area (Å²) in [7, 11) is -3.34. The Morgan fingerprint density at radius 2 is 1.95 bits per heavy atom. The van der Waals surface area contributed by atoms with E-state index in [1.54, 1.807) is 16.8 Å².